The second-order valence-electron chi connectivity index (χ2n) is 7.76. The molecule has 1 atom stereocenters. The Hall–Kier alpha value is -3.21. The Morgan fingerprint density at radius 3 is 2.03 bits per heavy atom. The van der Waals surface area contributed by atoms with Gasteiger partial charge in [-0.3, -0.25) is 14.2 Å². The average molecular weight is 389 g/mol. The third-order valence-electron chi connectivity index (χ3n) is 5.02. The molecular formula is C24H27N3O2. The molecular weight excluding hydrogens is 362 g/mol. The molecule has 0 bridgehead atoms. The molecule has 0 spiro atoms. The Bertz CT molecular complexity index is 950. The van der Waals surface area contributed by atoms with Crippen molar-refractivity contribution < 1.29 is 9.59 Å². The van der Waals surface area contributed by atoms with E-state index in [2.05, 4.69) is 38.0 Å². The maximum Gasteiger partial charge on any atom is 0.248 e. The van der Waals surface area contributed by atoms with Gasteiger partial charge in [0.2, 0.25) is 11.8 Å². The second-order valence-corrected chi connectivity index (χ2v) is 7.76. The van der Waals surface area contributed by atoms with Gasteiger partial charge in [-0.2, -0.15) is 0 Å². The van der Waals surface area contributed by atoms with E-state index in [0.29, 0.717) is 5.56 Å². The molecule has 0 saturated heterocycles. The van der Waals surface area contributed by atoms with Gasteiger partial charge in [0.25, 0.3) is 0 Å². The maximum absolute atomic E-state index is 13.4. The van der Waals surface area contributed by atoms with Crippen molar-refractivity contribution in [3.05, 3.63) is 83.9 Å². The number of nitrogens with one attached hydrogen (secondary N) is 1. The molecule has 0 saturated carbocycles. The highest BCUT2D eigenvalue weighted by Gasteiger charge is 2.31. The van der Waals surface area contributed by atoms with Crippen molar-refractivity contribution in [3.63, 3.8) is 0 Å². The summed E-state index contributed by atoms with van der Waals surface area (Å²) >= 11 is 0. The van der Waals surface area contributed by atoms with Crippen LogP contribution in [0.15, 0.2) is 67.3 Å². The first-order valence-electron chi connectivity index (χ1n) is 9.91. The second kappa shape index (κ2) is 8.86. The summed E-state index contributed by atoms with van der Waals surface area (Å²) in [6.45, 7) is 8.39. The normalized spacial score (nSPS) is 12.2. The number of rotatable bonds is 6. The average Bonchev–Trinajstić information content (AvgIpc) is 3.23. The van der Waals surface area contributed by atoms with E-state index in [9.17, 15) is 9.59 Å². The number of benzene rings is 2. The molecule has 3 aromatic rings. The van der Waals surface area contributed by atoms with Crippen LogP contribution >= 0.6 is 0 Å². The van der Waals surface area contributed by atoms with E-state index < -0.39 is 5.92 Å². The molecule has 3 rings (SSSR count). The van der Waals surface area contributed by atoms with E-state index in [4.69, 9.17) is 0 Å². The SMILES string of the molecule is CC(C)c1cccc(C(C)C)c1NC(=O)C(C(=O)n1ccnc1)c1ccccc1. The first-order chi connectivity index (χ1) is 13.9. The Balaban J connectivity index is 2.03. The summed E-state index contributed by atoms with van der Waals surface area (Å²) in [5.74, 6) is -1.16. The fourth-order valence-electron chi connectivity index (χ4n) is 3.48. The number of anilines is 1. The van der Waals surface area contributed by atoms with Crippen LogP contribution in [0.4, 0.5) is 5.69 Å². The monoisotopic (exact) mass is 389 g/mol. The van der Waals surface area contributed by atoms with Gasteiger partial charge >= 0.3 is 0 Å². The van der Waals surface area contributed by atoms with Gasteiger partial charge in [0.05, 0.1) is 0 Å². The number of hydrogen-bond donors (Lipinski definition) is 1. The summed E-state index contributed by atoms with van der Waals surface area (Å²) in [6.07, 6.45) is 4.52. The van der Waals surface area contributed by atoms with Crippen LogP contribution in [0.3, 0.4) is 0 Å². The van der Waals surface area contributed by atoms with Crippen LogP contribution in [0, 0.1) is 0 Å². The summed E-state index contributed by atoms with van der Waals surface area (Å²) in [7, 11) is 0. The van der Waals surface area contributed by atoms with Crippen LogP contribution in [-0.2, 0) is 4.79 Å². The number of aromatic nitrogens is 2. The predicted molar refractivity (Wildman–Crippen MR) is 115 cm³/mol. The van der Waals surface area contributed by atoms with E-state index in [0.717, 1.165) is 16.8 Å². The van der Waals surface area contributed by atoms with Crippen LogP contribution < -0.4 is 5.32 Å². The molecule has 1 N–H and O–H groups in total. The van der Waals surface area contributed by atoms with Crippen LogP contribution in [-0.4, -0.2) is 21.4 Å². The summed E-state index contributed by atoms with van der Waals surface area (Å²) < 4.78 is 1.36. The minimum atomic E-state index is -0.967. The van der Waals surface area contributed by atoms with Crippen molar-refractivity contribution in [2.24, 2.45) is 0 Å². The van der Waals surface area contributed by atoms with Gasteiger partial charge in [0, 0.05) is 18.1 Å². The number of carbonyl (C=O) groups excluding carboxylic acids is 2. The maximum atomic E-state index is 13.4. The predicted octanol–water partition coefficient (Wildman–Crippen LogP) is 5.19. The lowest BCUT2D eigenvalue weighted by atomic mass is 9.91. The van der Waals surface area contributed by atoms with Crippen molar-refractivity contribution >= 4 is 17.5 Å². The van der Waals surface area contributed by atoms with E-state index in [1.165, 1.54) is 17.1 Å². The lowest BCUT2D eigenvalue weighted by Gasteiger charge is -2.23. The molecule has 0 aliphatic carbocycles. The van der Waals surface area contributed by atoms with Gasteiger partial charge in [-0.15, -0.1) is 0 Å². The topological polar surface area (TPSA) is 64.0 Å². The van der Waals surface area contributed by atoms with E-state index in [1.54, 1.807) is 18.3 Å². The van der Waals surface area contributed by atoms with Gasteiger partial charge in [-0.25, -0.2) is 4.98 Å². The highest BCUT2D eigenvalue weighted by atomic mass is 16.2. The zero-order chi connectivity index (χ0) is 21.0. The fraction of sp³-hybridized carbons (Fsp3) is 0.292. The number of carbonyl (C=O) groups is 2. The number of hydrogen-bond acceptors (Lipinski definition) is 3. The molecule has 150 valence electrons. The molecule has 5 nitrogen and oxygen atoms in total. The van der Waals surface area contributed by atoms with Gasteiger partial charge in [-0.05, 0) is 28.5 Å². The minimum Gasteiger partial charge on any atom is -0.325 e. The van der Waals surface area contributed by atoms with Gasteiger partial charge in [-0.1, -0.05) is 76.2 Å². The largest absolute Gasteiger partial charge is 0.325 e. The van der Waals surface area contributed by atoms with E-state index >= 15 is 0 Å². The number of imidazole rings is 1. The Kier molecular flexibility index (Phi) is 6.27. The quantitative estimate of drug-likeness (QED) is 0.590. The molecule has 2 aromatic carbocycles. The Labute approximate surface area is 171 Å². The Morgan fingerprint density at radius 2 is 1.52 bits per heavy atom. The molecule has 29 heavy (non-hydrogen) atoms. The number of nitrogens with zero attached hydrogens (tertiary/aromatic N) is 2. The van der Waals surface area contributed by atoms with Crippen LogP contribution in [0.1, 0.15) is 66.9 Å². The van der Waals surface area contributed by atoms with Crippen molar-refractivity contribution in [1.29, 1.82) is 0 Å². The third kappa shape index (κ3) is 4.45. The molecule has 0 fully saturated rings. The zero-order valence-corrected chi connectivity index (χ0v) is 17.3. The van der Waals surface area contributed by atoms with E-state index in [-0.39, 0.29) is 23.7 Å². The Morgan fingerprint density at radius 1 is 0.897 bits per heavy atom. The molecule has 5 heteroatoms. The third-order valence-corrected chi connectivity index (χ3v) is 5.02. The summed E-state index contributed by atoms with van der Waals surface area (Å²) in [4.78, 5) is 30.5. The molecule has 1 aromatic heterocycles. The standard InChI is InChI=1S/C24H27N3O2/c1-16(2)19-11-8-12-20(17(3)4)22(19)26-23(28)21(18-9-6-5-7-10-18)24(29)27-14-13-25-15-27/h5-17,21H,1-4H3,(H,26,28). The number of para-hydroxylation sites is 1. The molecule has 1 heterocycles. The number of amides is 1. The smallest absolute Gasteiger partial charge is 0.248 e. The molecule has 0 aliphatic rings. The van der Waals surface area contributed by atoms with Gasteiger partial charge in [0.1, 0.15) is 12.2 Å². The summed E-state index contributed by atoms with van der Waals surface area (Å²) in [5.41, 5.74) is 3.58. The molecule has 0 aliphatic heterocycles. The lowest BCUT2D eigenvalue weighted by Crippen LogP contribution is -2.31. The van der Waals surface area contributed by atoms with Crippen molar-refractivity contribution in [3.8, 4) is 0 Å². The first kappa shape index (κ1) is 20.5. The first-order valence-corrected chi connectivity index (χ1v) is 9.91. The van der Waals surface area contributed by atoms with Crippen molar-refractivity contribution in [1.82, 2.24) is 9.55 Å². The highest BCUT2D eigenvalue weighted by Crippen LogP contribution is 2.33. The van der Waals surface area contributed by atoms with Gasteiger partial charge < -0.3 is 5.32 Å². The summed E-state index contributed by atoms with van der Waals surface area (Å²) in [6, 6.07) is 15.2. The lowest BCUT2D eigenvalue weighted by molar-refractivity contribution is -0.116. The summed E-state index contributed by atoms with van der Waals surface area (Å²) in [5, 5.41) is 3.09. The van der Waals surface area contributed by atoms with Crippen molar-refractivity contribution in [2.45, 2.75) is 45.4 Å². The van der Waals surface area contributed by atoms with Crippen molar-refractivity contribution in [2.75, 3.05) is 5.32 Å². The molecule has 1 amide bonds. The molecule has 1 unspecified atom stereocenters. The van der Waals surface area contributed by atoms with Crippen LogP contribution in [0.2, 0.25) is 0 Å². The highest BCUT2D eigenvalue weighted by molar-refractivity contribution is 6.12. The van der Waals surface area contributed by atoms with Crippen LogP contribution in [0.5, 0.6) is 0 Å². The zero-order valence-electron chi connectivity index (χ0n) is 17.3. The van der Waals surface area contributed by atoms with E-state index in [1.807, 2.05) is 36.4 Å². The van der Waals surface area contributed by atoms with Crippen LogP contribution in [0.25, 0.3) is 0 Å². The minimum absolute atomic E-state index is 0.239. The van der Waals surface area contributed by atoms with Gasteiger partial charge in [0.15, 0.2) is 0 Å². The fourth-order valence-corrected chi connectivity index (χ4v) is 3.48. The molecule has 0 radical (unpaired) electrons.